The van der Waals surface area contributed by atoms with Gasteiger partial charge in [0.2, 0.25) is 41.4 Å². The van der Waals surface area contributed by atoms with Crippen LogP contribution in [0.2, 0.25) is 0 Å². The van der Waals surface area contributed by atoms with Crippen LogP contribution in [0, 0.1) is 12.8 Å². The van der Waals surface area contributed by atoms with Crippen molar-refractivity contribution in [2.24, 2.45) is 23.1 Å². The van der Waals surface area contributed by atoms with Gasteiger partial charge in [-0.05, 0) is 89.2 Å². The molecule has 3 heterocycles. The van der Waals surface area contributed by atoms with Crippen LogP contribution < -0.4 is 59.7 Å². The van der Waals surface area contributed by atoms with Gasteiger partial charge in [0.1, 0.15) is 54.4 Å². The van der Waals surface area contributed by atoms with E-state index in [1.807, 2.05) is 13.8 Å². The molecule has 68 heavy (non-hydrogen) atoms. The third kappa shape index (κ3) is 16.2. The van der Waals surface area contributed by atoms with Crippen molar-refractivity contribution in [3.63, 3.8) is 0 Å². The number of hydrogen-bond donors (Lipinski definition) is 12. The molecule has 0 bridgehead atoms. The number of rotatable bonds is 14. The Morgan fingerprint density at radius 1 is 0.721 bits per heavy atom. The molecular formula is C44H65N15O9. The molecule has 24 heteroatoms. The lowest BCUT2D eigenvalue weighted by Gasteiger charge is -2.28. The van der Waals surface area contributed by atoms with Crippen molar-refractivity contribution in [1.29, 1.82) is 0 Å². The van der Waals surface area contributed by atoms with Crippen LogP contribution in [0.25, 0.3) is 5.82 Å². The van der Waals surface area contributed by atoms with E-state index in [2.05, 4.69) is 57.6 Å². The molecule has 8 amide bonds. The topological polar surface area (TPSA) is 375 Å². The molecule has 8 atom stereocenters. The van der Waals surface area contributed by atoms with Gasteiger partial charge in [-0.3, -0.25) is 38.4 Å². The highest BCUT2D eigenvalue weighted by Gasteiger charge is 2.35. The number of hydrogen-bond acceptors (Lipinski definition) is 15. The lowest BCUT2D eigenvalue weighted by molar-refractivity contribution is -0.136. The number of carbonyl (C=O) groups excluding carboxylic acids is 8. The first-order valence-corrected chi connectivity index (χ1v) is 22.5. The third-order valence-electron chi connectivity index (χ3n) is 10.8. The highest BCUT2D eigenvalue weighted by molar-refractivity contribution is 6.00. The van der Waals surface area contributed by atoms with Crippen LogP contribution in [0.1, 0.15) is 74.6 Å². The van der Waals surface area contributed by atoms with Gasteiger partial charge in [0.05, 0.1) is 6.10 Å². The SMILES string of the molecule is Cc1ncn(-c2cc(C(=O)N[C@H]3CCNC(=O)[C@H]([C@@H](C)O)NC(=O)[C@H](CCN)NC(=O)[C@H](CCN)NC(=O)[C@H](CC(C)C)NC(=O)[C@@H](Cc4ccccc4)NC(=O)[C@H](CCN)NC3=O)ccn2)n1. The Morgan fingerprint density at radius 3 is 1.79 bits per heavy atom. The van der Waals surface area contributed by atoms with Crippen molar-refractivity contribution in [1.82, 2.24) is 62.3 Å². The van der Waals surface area contributed by atoms with Gasteiger partial charge in [-0.1, -0.05) is 44.2 Å². The Kier molecular flexibility index (Phi) is 20.9. The minimum atomic E-state index is -1.58. The van der Waals surface area contributed by atoms with Gasteiger partial charge in [0.15, 0.2) is 5.82 Å². The predicted molar refractivity (Wildman–Crippen MR) is 247 cm³/mol. The lowest BCUT2D eigenvalue weighted by atomic mass is 10.00. The molecule has 1 aromatic carbocycles. The zero-order chi connectivity index (χ0) is 49.9. The summed E-state index contributed by atoms with van der Waals surface area (Å²) < 4.78 is 1.35. The summed E-state index contributed by atoms with van der Waals surface area (Å²) in [6.07, 6.45) is 0.733. The van der Waals surface area contributed by atoms with E-state index in [1.165, 1.54) is 36.3 Å². The van der Waals surface area contributed by atoms with Crippen LogP contribution in [0.4, 0.5) is 0 Å². The maximum absolute atomic E-state index is 14.3. The van der Waals surface area contributed by atoms with Crippen molar-refractivity contribution < 1.29 is 43.5 Å². The van der Waals surface area contributed by atoms with E-state index in [0.717, 1.165) is 0 Å². The van der Waals surface area contributed by atoms with Gasteiger partial charge in [0, 0.05) is 24.7 Å². The average molecular weight is 948 g/mol. The number of aryl methyl sites for hydroxylation is 1. The van der Waals surface area contributed by atoms with Gasteiger partial charge in [-0.15, -0.1) is 0 Å². The number of nitrogens with one attached hydrogen (secondary N) is 8. The fourth-order valence-corrected chi connectivity index (χ4v) is 7.19. The maximum Gasteiger partial charge on any atom is 0.252 e. The number of aliphatic hydroxyl groups is 1. The van der Waals surface area contributed by atoms with E-state index in [1.54, 1.807) is 37.3 Å². The number of aliphatic hydroxyl groups excluding tert-OH is 1. The summed E-state index contributed by atoms with van der Waals surface area (Å²) in [6, 6.07) is 1.97. The predicted octanol–water partition coefficient (Wildman–Crippen LogP) is -3.79. The first kappa shape index (κ1) is 53.7. The molecule has 1 aliphatic rings. The lowest BCUT2D eigenvalue weighted by Crippen LogP contribution is -2.61. The highest BCUT2D eigenvalue weighted by atomic mass is 16.3. The van der Waals surface area contributed by atoms with Crippen LogP contribution in [0.5, 0.6) is 0 Å². The van der Waals surface area contributed by atoms with Crippen LogP contribution in [0.3, 0.4) is 0 Å². The van der Waals surface area contributed by atoms with E-state index in [0.29, 0.717) is 11.4 Å². The molecular weight excluding hydrogens is 883 g/mol. The summed E-state index contributed by atoms with van der Waals surface area (Å²) in [5.41, 5.74) is 18.3. The van der Waals surface area contributed by atoms with E-state index in [-0.39, 0.29) is 82.0 Å². The molecule has 4 rings (SSSR count). The van der Waals surface area contributed by atoms with Gasteiger partial charge in [0.25, 0.3) is 5.91 Å². The van der Waals surface area contributed by atoms with Crippen molar-refractivity contribution in [2.45, 2.75) is 115 Å². The molecule has 24 nitrogen and oxygen atoms in total. The Balaban J connectivity index is 1.76. The van der Waals surface area contributed by atoms with Crippen LogP contribution in [-0.4, -0.2) is 147 Å². The summed E-state index contributed by atoms with van der Waals surface area (Å²) in [6.45, 7) is 5.98. The molecule has 2 aromatic heterocycles. The number of carbonyl (C=O) groups is 8. The van der Waals surface area contributed by atoms with Gasteiger partial charge in [-0.25, -0.2) is 14.6 Å². The molecule has 0 saturated carbocycles. The summed E-state index contributed by atoms with van der Waals surface area (Å²) in [5, 5.41) is 35.8. The highest BCUT2D eigenvalue weighted by Crippen LogP contribution is 2.12. The van der Waals surface area contributed by atoms with E-state index < -0.39 is 95.7 Å². The Labute approximate surface area is 393 Å². The number of pyridine rings is 1. The molecule has 1 saturated heterocycles. The second kappa shape index (κ2) is 26.4. The number of amides is 8. The van der Waals surface area contributed by atoms with Gasteiger partial charge in [-0.2, -0.15) is 5.10 Å². The van der Waals surface area contributed by atoms with E-state index in [4.69, 9.17) is 17.2 Å². The van der Waals surface area contributed by atoms with Crippen molar-refractivity contribution in [2.75, 3.05) is 26.2 Å². The van der Waals surface area contributed by atoms with Crippen molar-refractivity contribution in [3.8, 4) is 5.82 Å². The molecule has 1 aliphatic heterocycles. The molecule has 0 unspecified atom stereocenters. The molecule has 0 aliphatic carbocycles. The van der Waals surface area contributed by atoms with Crippen LogP contribution in [0.15, 0.2) is 55.0 Å². The number of aromatic nitrogens is 4. The summed E-state index contributed by atoms with van der Waals surface area (Å²) in [5.74, 6) is -6.00. The average Bonchev–Trinajstić information content (AvgIpc) is 3.75. The van der Waals surface area contributed by atoms with Crippen LogP contribution in [-0.2, 0) is 40.0 Å². The number of nitrogens with zero attached hydrogens (tertiary/aromatic N) is 4. The number of nitrogens with two attached hydrogens (primary N) is 3. The molecule has 1 fully saturated rings. The zero-order valence-corrected chi connectivity index (χ0v) is 38.7. The summed E-state index contributed by atoms with van der Waals surface area (Å²) in [4.78, 5) is 120. The summed E-state index contributed by atoms with van der Waals surface area (Å²) >= 11 is 0. The Morgan fingerprint density at radius 2 is 1.25 bits per heavy atom. The standard InChI is InChI=1S/C44H65N15O9/c1-24(2)20-33-42(66)54-29(10-15-45)38(62)53-31(12-17-47)41(65)57-36(25(3)60)44(68)49-19-14-32(51-37(61)28-13-18-48-35(22-28)59-23-50-26(4)58-59)40(64)52-30(11-16-46)39(63)56-34(43(67)55-33)21-27-8-6-5-7-9-27/h5-9,13,18,22-25,29-34,36,60H,10-12,14-17,19-21,45-47H2,1-4H3,(H,49,68)(H,51,61)(H,52,64)(H,53,62)(H,54,66)(H,55,67)(H,56,63)(H,57,65)/t25-,29+,30+,31+,32+,33+,34-,36+/m1/s1. The monoisotopic (exact) mass is 948 g/mol. The number of benzene rings is 1. The molecule has 15 N–H and O–H groups in total. The van der Waals surface area contributed by atoms with E-state index >= 15 is 0 Å². The normalized spacial score (nSPS) is 23.5. The quantitative estimate of drug-likeness (QED) is 0.0738. The van der Waals surface area contributed by atoms with Crippen molar-refractivity contribution >= 4 is 47.3 Å². The second-order valence-corrected chi connectivity index (χ2v) is 16.8. The first-order chi connectivity index (χ1) is 32.4. The third-order valence-corrected chi connectivity index (χ3v) is 10.8. The van der Waals surface area contributed by atoms with Gasteiger partial charge >= 0.3 is 0 Å². The van der Waals surface area contributed by atoms with E-state index in [9.17, 15) is 43.5 Å². The minimum Gasteiger partial charge on any atom is -0.391 e. The molecule has 370 valence electrons. The molecule has 3 aromatic rings. The molecule has 0 spiro atoms. The first-order valence-electron chi connectivity index (χ1n) is 22.5. The summed E-state index contributed by atoms with van der Waals surface area (Å²) in [7, 11) is 0. The Hall–Kier alpha value is -6.89. The molecule has 0 radical (unpaired) electrons. The fraction of sp³-hybridized carbons (Fsp3) is 0.523. The van der Waals surface area contributed by atoms with Crippen molar-refractivity contribution in [3.05, 3.63) is 71.9 Å². The fourth-order valence-electron chi connectivity index (χ4n) is 7.19. The minimum absolute atomic E-state index is 0.0472. The van der Waals surface area contributed by atoms with Gasteiger partial charge < -0.3 is 64.8 Å². The van der Waals surface area contributed by atoms with Crippen LogP contribution >= 0.6 is 0 Å². The second-order valence-electron chi connectivity index (χ2n) is 16.8. The smallest absolute Gasteiger partial charge is 0.252 e. The maximum atomic E-state index is 14.3. The largest absolute Gasteiger partial charge is 0.391 e. The Bertz CT molecular complexity index is 2210. The zero-order valence-electron chi connectivity index (χ0n) is 38.7.